The largest absolute Gasteiger partial charge is 0.382 e. The Bertz CT molecular complexity index is 542. The summed E-state index contributed by atoms with van der Waals surface area (Å²) in [6.45, 7) is 4.47. The van der Waals surface area contributed by atoms with Gasteiger partial charge in [-0.25, -0.2) is 9.97 Å². The Labute approximate surface area is 93.7 Å². The number of nitrogen functional groups attached to an aromatic ring is 1. The minimum absolute atomic E-state index is 0.357. The number of rotatable bonds is 2. The Balaban J connectivity index is 1.99. The van der Waals surface area contributed by atoms with Gasteiger partial charge in [0.05, 0.1) is 6.20 Å². The van der Waals surface area contributed by atoms with Gasteiger partial charge in [0, 0.05) is 18.4 Å². The topological polar surface area (TPSA) is 68.2 Å². The highest BCUT2D eigenvalue weighted by Gasteiger charge is 2.46. The summed E-state index contributed by atoms with van der Waals surface area (Å²) in [5, 5.41) is 3.40. The molecule has 2 aromatic rings. The molecule has 0 aromatic carbocycles. The van der Waals surface area contributed by atoms with Crippen LogP contribution in [-0.2, 0) is 0 Å². The molecule has 0 amide bonds. The molecule has 0 aliphatic heterocycles. The SMILES string of the molecule is CC1(C)CC1Nc1nc(N)cn2ccnc12. The normalized spacial score (nSPS) is 22.2. The van der Waals surface area contributed by atoms with Crippen molar-refractivity contribution in [3.05, 3.63) is 18.6 Å². The Kier molecular flexibility index (Phi) is 1.70. The highest BCUT2D eigenvalue weighted by molar-refractivity contribution is 5.65. The van der Waals surface area contributed by atoms with Crippen molar-refractivity contribution in [3.63, 3.8) is 0 Å². The van der Waals surface area contributed by atoms with Gasteiger partial charge >= 0.3 is 0 Å². The molecule has 1 unspecified atom stereocenters. The standard InChI is InChI=1S/C11H15N5/c1-11(2)5-7(11)14-9-10-13-3-4-16(10)6-8(12)15-9/h3-4,6-7H,5,12H2,1-2H3,(H,14,15). The molecule has 1 aliphatic rings. The summed E-state index contributed by atoms with van der Waals surface area (Å²) in [5.41, 5.74) is 6.94. The summed E-state index contributed by atoms with van der Waals surface area (Å²) in [6.07, 6.45) is 6.55. The lowest BCUT2D eigenvalue weighted by Gasteiger charge is -2.09. The lowest BCUT2D eigenvalue weighted by Crippen LogP contribution is -2.12. The Morgan fingerprint density at radius 3 is 3.00 bits per heavy atom. The second-order valence-corrected chi connectivity index (χ2v) is 5.06. The van der Waals surface area contributed by atoms with E-state index in [0.717, 1.165) is 17.9 Å². The van der Waals surface area contributed by atoms with Crippen molar-refractivity contribution < 1.29 is 0 Å². The second-order valence-electron chi connectivity index (χ2n) is 5.06. The van der Waals surface area contributed by atoms with Crippen LogP contribution in [0.4, 0.5) is 11.6 Å². The van der Waals surface area contributed by atoms with Gasteiger partial charge in [-0.15, -0.1) is 0 Å². The first-order valence-electron chi connectivity index (χ1n) is 5.42. The number of nitrogens with two attached hydrogens (primary N) is 1. The molecule has 84 valence electrons. The average Bonchev–Trinajstić information content (AvgIpc) is 2.63. The molecule has 16 heavy (non-hydrogen) atoms. The highest BCUT2D eigenvalue weighted by atomic mass is 15.1. The number of fused-ring (bicyclic) bond motifs is 1. The van der Waals surface area contributed by atoms with Crippen molar-refractivity contribution >= 4 is 17.3 Å². The predicted octanol–water partition coefficient (Wildman–Crippen LogP) is 1.52. The molecule has 3 N–H and O–H groups in total. The lowest BCUT2D eigenvalue weighted by molar-refractivity contribution is 0.630. The van der Waals surface area contributed by atoms with E-state index in [1.807, 2.05) is 10.6 Å². The molecule has 0 bridgehead atoms. The van der Waals surface area contributed by atoms with E-state index in [4.69, 9.17) is 5.73 Å². The fraction of sp³-hybridized carbons (Fsp3) is 0.455. The molecule has 1 atom stereocenters. The number of anilines is 2. The van der Waals surface area contributed by atoms with Gasteiger partial charge in [-0.2, -0.15) is 0 Å². The first kappa shape index (κ1) is 9.45. The molecular formula is C11H15N5. The van der Waals surface area contributed by atoms with Gasteiger partial charge in [-0.3, -0.25) is 0 Å². The van der Waals surface area contributed by atoms with Gasteiger partial charge in [0.25, 0.3) is 0 Å². The number of hydrogen-bond donors (Lipinski definition) is 2. The number of hydrogen-bond acceptors (Lipinski definition) is 4. The van der Waals surface area contributed by atoms with E-state index in [-0.39, 0.29) is 0 Å². The molecule has 0 saturated heterocycles. The van der Waals surface area contributed by atoms with Crippen LogP contribution in [0.5, 0.6) is 0 Å². The van der Waals surface area contributed by atoms with Crippen LogP contribution in [-0.4, -0.2) is 20.4 Å². The molecule has 0 spiro atoms. The fourth-order valence-electron chi connectivity index (χ4n) is 1.93. The summed E-state index contributed by atoms with van der Waals surface area (Å²) in [4.78, 5) is 8.57. The second kappa shape index (κ2) is 2.87. The average molecular weight is 217 g/mol. The summed E-state index contributed by atoms with van der Waals surface area (Å²) < 4.78 is 1.89. The van der Waals surface area contributed by atoms with E-state index in [1.54, 1.807) is 12.4 Å². The summed E-state index contributed by atoms with van der Waals surface area (Å²) in [6, 6.07) is 0.474. The minimum Gasteiger partial charge on any atom is -0.382 e. The van der Waals surface area contributed by atoms with Crippen LogP contribution in [0.3, 0.4) is 0 Å². The van der Waals surface area contributed by atoms with Gasteiger partial charge in [-0.1, -0.05) is 13.8 Å². The quantitative estimate of drug-likeness (QED) is 0.800. The molecule has 3 rings (SSSR count). The Morgan fingerprint density at radius 2 is 2.31 bits per heavy atom. The molecule has 5 heteroatoms. The maximum Gasteiger partial charge on any atom is 0.180 e. The molecule has 1 aliphatic carbocycles. The Morgan fingerprint density at radius 1 is 1.56 bits per heavy atom. The molecule has 1 saturated carbocycles. The van der Waals surface area contributed by atoms with E-state index >= 15 is 0 Å². The number of aromatic nitrogens is 3. The van der Waals surface area contributed by atoms with Crippen molar-refractivity contribution in [2.75, 3.05) is 11.1 Å². The maximum absolute atomic E-state index is 5.75. The van der Waals surface area contributed by atoms with E-state index in [0.29, 0.717) is 17.3 Å². The number of nitrogens with zero attached hydrogens (tertiary/aromatic N) is 3. The molecule has 2 heterocycles. The van der Waals surface area contributed by atoms with Gasteiger partial charge in [0.15, 0.2) is 11.5 Å². The summed E-state index contributed by atoms with van der Waals surface area (Å²) >= 11 is 0. The fourth-order valence-corrected chi connectivity index (χ4v) is 1.93. The zero-order valence-electron chi connectivity index (χ0n) is 9.44. The van der Waals surface area contributed by atoms with Crippen LogP contribution in [0.25, 0.3) is 5.65 Å². The van der Waals surface area contributed by atoms with E-state index in [9.17, 15) is 0 Å². The highest BCUT2D eigenvalue weighted by Crippen LogP contribution is 2.46. The van der Waals surface area contributed by atoms with Crippen LogP contribution in [0.2, 0.25) is 0 Å². The van der Waals surface area contributed by atoms with E-state index < -0.39 is 0 Å². The third-order valence-electron chi connectivity index (χ3n) is 3.22. The number of imidazole rings is 1. The van der Waals surface area contributed by atoms with Crippen molar-refractivity contribution in [1.82, 2.24) is 14.4 Å². The number of nitrogens with one attached hydrogen (secondary N) is 1. The van der Waals surface area contributed by atoms with Crippen molar-refractivity contribution in [2.45, 2.75) is 26.3 Å². The van der Waals surface area contributed by atoms with Crippen LogP contribution in [0, 0.1) is 5.41 Å². The Hall–Kier alpha value is -1.78. The zero-order chi connectivity index (χ0) is 11.3. The first-order chi connectivity index (χ1) is 7.56. The zero-order valence-corrected chi connectivity index (χ0v) is 9.44. The van der Waals surface area contributed by atoms with Crippen LogP contribution in [0.1, 0.15) is 20.3 Å². The molecule has 5 nitrogen and oxygen atoms in total. The maximum atomic E-state index is 5.75. The lowest BCUT2D eigenvalue weighted by atomic mass is 10.2. The van der Waals surface area contributed by atoms with Crippen LogP contribution in [0.15, 0.2) is 18.6 Å². The van der Waals surface area contributed by atoms with Crippen LogP contribution >= 0.6 is 0 Å². The first-order valence-corrected chi connectivity index (χ1v) is 5.42. The van der Waals surface area contributed by atoms with Gasteiger partial charge in [-0.05, 0) is 11.8 Å². The van der Waals surface area contributed by atoms with Gasteiger partial charge in [0.1, 0.15) is 5.82 Å². The molecule has 0 radical (unpaired) electrons. The van der Waals surface area contributed by atoms with Crippen molar-refractivity contribution in [1.29, 1.82) is 0 Å². The van der Waals surface area contributed by atoms with Crippen molar-refractivity contribution in [2.24, 2.45) is 5.41 Å². The molecule has 1 fully saturated rings. The summed E-state index contributed by atoms with van der Waals surface area (Å²) in [5.74, 6) is 1.28. The van der Waals surface area contributed by atoms with Crippen LogP contribution < -0.4 is 11.1 Å². The molecule has 2 aromatic heterocycles. The predicted molar refractivity (Wildman–Crippen MR) is 63.2 cm³/mol. The molecular weight excluding hydrogens is 202 g/mol. The third kappa shape index (κ3) is 1.39. The minimum atomic E-state index is 0.357. The third-order valence-corrected chi connectivity index (χ3v) is 3.22. The van der Waals surface area contributed by atoms with Gasteiger partial charge < -0.3 is 15.5 Å². The van der Waals surface area contributed by atoms with E-state index in [1.165, 1.54) is 0 Å². The summed E-state index contributed by atoms with van der Waals surface area (Å²) in [7, 11) is 0. The smallest absolute Gasteiger partial charge is 0.180 e. The van der Waals surface area contributed by atoms with E-state index in [2.05, 4.69) is 29.1 Å². The van der Waals surface area contributed by atoms with Crippen molar-refractivity contribution in [3.8, 4) is 0 Å². The van der Waals surface area contributed by atoms with Gasteiger partial charge in [0.2, 0.25) is 0 Å². The monoisotopic (exact) mass is 217 g/mol.